The molecule has 5 heteroatoms. The molecule has 0 bridgehead atoms. The minimum Gasteiger partial charge on any atom is -0.372 e. The molecule has 0 unspecified atom stereocenters. The summed E-state index contributed by atoms with van der Waals surface area (Å²) in [4.78, 5) is 2.49. The fourth-order valence-electron chi connectivity index (χ4n) is 5.49. The highest BCUT2D eigenvalue weighted by molar-refractivity contribution is 7.86. The number of hydrogen-bond acceptors (Lipinski definition) is 3. The van der Waals surface area contributed by atoms with Crippen LogP contribution >= 0.6 is 0 Å². The fraction of sp³-hybridized carbons (Fsp3) is 0.481. The van der Waals surface area contributed by atoms with Gasteiger partial charge in [-0.15, -0.1) is 0 Å². The molecule has 3 aliphatic rings. The SMILES string of the molecule is CCN1CCCc2cc3c(cc21)C(C)(C)C1=CCC(C(=CC(C)C)CS(=O)(=O)O)=CC1=C3. The number of aryl methyl sites for hydroxylation is 1. The molecule has 4 nitrogen and oxygen atoms in total. The van der Waals surface area contributed by atoms with Crippen LogP contribution in [0, 0.1) is 5.92 Å². The van der Waals surface area contributed by atoms with Gasteiger partial charge in [0.05, 0.1) is 0 Å². The van der Waals surface area contributed by atoms with Gasteiger partial charge in [-0.1, -0.05) is 45.9 Å². The van der Waals surface area contributed by atoms with Crippen molar-refractivity contribution in [1.29, 1.82) is 0 Å². The van der Waals surface area contributed by atoms with Gasteiger partial charge >= 0.3 is 0 Å². The monoisotopic (exact) mass is 453 g/mol. The number of rotatable bonds is 5. The summed E-state index contributed by atoms with van der Waals surface area (Å²) in [6.07, 6.45) is 11.6. The van der Waals surface area contributed by atoms with Crippen LogP contribution in [0.3, 0.4) is 0 Å². The second kappa shape index (κ2) is 8.35. The Bertz CT molecular complexity index is 1160. The molecule has 32 heavy (non-hydrogen) atoms. The summed E-state index contributed by atoms with van der Waals surface area (Å²) in [5.41, 5.74) is 9.42. The van der Waals surface area contributed by atoms with Crippen LogP contribution in [0.5, 0.6) is 0 Å². The first-order valence-electron chi connectivity index (χ1n) is 11.7. The standard InChI is InChI=1S/C27H35NO3S/c1-6-28-11-7-8-20-14-22-15-21-13-19(23(12-18(2)3)17-32(29,30)31)9-10-24(21)27(4,5)25(22)16-26(20)28/h10,12-16,18H,6-9,11,17H2,1-5H3,(H,29,30,31). The molecule has 1 aromatic rings. The smallest absolute Gasteiger partial charge is 0.269 e. The van der Waals surface area contributed by atoms with Crippen LogP contribution in [0.4, 0.5) is 5.69 Å². The lowest BCUT2D eigenvalue weighted by Crippen LogP contribution is -2.32. The van der Waals surface area contributed by atoms with Crippen molar-refractivity contribution in [3.05, 3.63) is 69.3 Å². The normalized spacial score (nSPS) is 20.2. The highest BCUT2D eigenvalue weighted by atomic mass is 32.2. The number of nitrogens with zero attached hydrogens (tertiary/aromatic N) is 1. The first-order valence-corrected chi connectivity index (χ1v) is 13.3. The lowest BCUT2D eigenvalue weighted by atomic mass is 9.66. The Kier molecular flexibility index (Phi) is 6.01. The summed E-state index contributed by atoms with van der Waals surface area (Å²) >= 11 is 0. The van der Waals surface area contributed by atoms with Crippen molar-refractivity contribution in [2.75, 3.05) is 23.7 Å². The zero-order chi connectivity index (χ0) is 23.3. The third kappa shape index (κ3) is 4.38. The molecule has 1 heterocycles. The maximum atomic E-state index is 11.7. The average molecular weight is 454 g/mol. The summed E-state index contributed by atoms with van der Waals surface area (Å²) in [6, 6.07) is 4.77. The van der Waals surface area contributed by atoms with E-state index in [1.807, 2.05) is 19.9 Å². The molecule has 172 valence electrons. The van der Waals surface area contributed by atoms with E-state index >= 15 is 0 Å². The molecule has 0 radical (unpaired) electrons. The second-order valence-electron chi connectivity index (χ2n) is 10.1. The van der Waals surface area contributed by atoms with Crippen molar-refractivity contribution in [3.63, 3.8) is 0 Å². The molecular weight excluding hydrogens is 418 g/mol. The molecule has 0 fully saturated rings. The molecule has 0 aromatic heterocycles. The zero-order valence-electron chi connectivity index (χ0n) is 19.9. The number of anilines is 1. The Morgan fingerprint density at radius 2 is 2.00 bits per heavy atom. The number of allylic oxidation sites excluding steroid dienone is 6. The minimum absolute atomic E-state index is 0.127. The molecular formula is C27H35NO3S. The average Bonchev–Trinajstić information content (AvgIpc) is 2.70. The highest BCUT2D eigenvalue weighted by Crippen LogP contribution is 2.48. The quantitative estimate of drug-likeness (QED) is 0.567. The van der Waals surface area contributed by atoms with Crippen molar-refractivity contribution in [2.24, 2.45) is 5.92 Å². The van der Waals surface area contributed by atoms with Gasteiger partial charge in [-0.05, 0) is 89.3 Å². The van der Waals surface area contributed by atoms with E-state index < -0.39 is 10.1 Å². The van der Waals surface area contributed by atoms with Gasteiger partial charge < -0.3 is 4.90 Å². The van der Waals surface area contributed by atoms with Crippen LogP contribution in [0.1, 0.15) is 64.2 Å². The van der Waals surface area contributed by atoms with Gasteiger partial charge in [-0.2, -0.15) is 8.42 Å². The van der Waals surface area contributed by atoms with Gasteiger partial charge in [0.1, 0.15) is 5.75 Å². The van der Waals surface area contributed by atoms with Crippen molar-refractivity contribution in [3.8, 4) is 0 Å². The summed E-state index contributed by atoms with van der Waals surface area (Å²) in [7, 11) is -4.09. The Balaban J connectivity index is 1.81. The lowest BCUT2D eigenvalue weighted by molar-refractivity contribution is 0.485. The first kappa shape index (κ1) is 23.1. The fourth-order valence-corrected chi connectivity index (χ4v) is 6.16. The Morgan fingerprint density at radius 3 is 2.66 bits per heavy atom. The van der Waals surface area contributed by atoms with E-state index in [2.05, 4.69) is 56.0 Å². The molecule has 0 saturated heterocycles. The summed E-state index contributed by atoms with van der Waals surface area (Å²) in [5.74, 6) is -0.142. The highest BCUT2D eigenvalue weighted by Gasteiger charge is 2.35. The molecule has 2 aliphatic carbocycles. The largest absolute Gasteiger partial charge is 0.372 e. The molecule has 1 N–H and O–H groups in total. The summed E-state index contributed by atoms with van der Waals surface area (Å²) in [5, 5.41) is 0. The van der Waals surface area contributed by atoms with E-state index in [9.17, 15) is 13.0 Å². The third-order valence-electron chi connectivity index (χ3n) is 6.96. The van der Waals surface area contributed by atoms with E-state index in [0.29, 0.717) is 12.0 Å². The first-order chi connectivity index (χ1) is 15.0. The Labute approximate surface area is 193 Å². The second-order valence-corrected chi connectivity index (χ2v) is 11.6. The van der Waals surface area contributed by atoms with Crippen LogP contribution < -0.4 is 4.90 Å². The van der Waals surface area contributed by atoms with Crippen LogP contribution in [0.2, 0.25) is 0 Å². The van der Waals surface area contributed by atoms with E-state index in [-0.39, 0.29) is 17.1 Å². The number of benzene rings is 1. The molecule has 4 rings (SSSR count). The minimum atomic E-state index is -4.09. The van der Waals surface area contributed by atoms with E-state index in [1.54, 1.807) is 0 Å². The predicted molar refractivity (Wildman–Crippen MR) is 134 cm³/mol. The van der Waals surface area contributed by atoms with E-state index in [1.165, 1.54) is 34.4 Å². The van der Waals surface area contributed by atoms with Gasteiger partial charge in [-0.3, -0.25) is 4.55 Å². The number of hydrogen-bond donors (Lipinski definition) is 1. The van der Waals surface area contributed by atoms with Gasteiger partial charge in [0.15, 0.2) is 0 Å². The van der Waals surface area contributed by atoms with Crippen molar-refractivity contribution >= 4 is 21.9 Å². The lowest BCUT2D eigenvalue weighted by Gasteiger charge is -2.39. The topological polar surface area (TPSA) is 57.6 Å². The van der Waals surface area contributed by atoms with Crippen molar-refractivity contribution in [1.82, 2.24) is 0 Å². The van der Waals surface area contributed by atoms with Crippen LogP contribution in [-0.2, 0) is 22.0 Å². The van der Waals surface area contributed by atoms with Crippen LogP contribution in [-0.4, -0.2) is 31.8 Å². The Hall–Kier alpha value is -2.11. The Morgan fingerprint density at radius 1 is 1.25 bits per heavy atom. The molecule has 1 aliphatic heterocycles. The maximum Gasteiger partial charge on any atom is 0.269 e. The van der Waals surface area contributed by atoms with Crippen LogP contribution in [0.15, 0.2) is 52.7 Å². The molecule has 0 spiro atoms. The van der Waals surface area contributed by atoms with E-state index in [4.69, 9.17) is 0 Å². The molecule has 0 amide bonds. The van der Waals surface area contributed by atoms with Gasteiger partial charge in [0.25, 0.3) is 10.1 Å². The number of fused-ring (bicyclic) bond motifs is 3. The van der Waals surface area contributed by atoms with Crippen molar-refractivity contribution < 1.29 is 13.0 Å². The molecule has 1 aromatic carbocycles. The van der Waals surface area contributed by atoms with Crippen molar-refractivity contribution in [2.45, 2.75) is 59.3 Å². The molecule has 0 atom stereocenters. The zero-order valence-corrected chi connectivity index (χ0v) is 20.7. The van der Waals surface area contributed by atoms with Gasteiger partial charge in [-0.25, -0.2) is 0 Å². The molecule has 0 saturated carbocycles. The van der Waals surface area contributed by atoms with Gasteiger partial charge in [0.2, 0.25) is 0 Å². The summed E-state index contributed by atoms with van der Waals surface area (Å²) < 4.78 is 32.8. The summed E-state index contributed by atoms with van der Waals surface area (Å²) in [6.45, 7) is 13.0. The maximum absolute atomic E-state index is 11.7. The van der Waals surface area contributed by atoms with Gasteiger partial charge in [0, 0.05) is 24.2 Å². The van der Waals surface area contributed by atoms with E-state index in [0.717, 1.165) is 30.7 Å². The van der Waals surface area contributed by atoms with Crippen LogP contribution in [0.25, 0.3) is 6.08 Å². The third-order valence-corrected chi connectivity index (χ3v) is 7.63. The predicted octanol–water partition coefficient (Wildman–Crippen LogP) is 5.86.